The van der Waals surface area contributed by atoms with E-state index in [-0.39, 0.29) is 17.8 Å². The van der Waals surface area contributed by atoms with Crippen molar-refractivity contribution in [1.82, 2.24) is 14.9 Å². The van der Waals surface area contributed by atoms with Gasteiger partial charge in [-0.05, 0) is 26.8 Å². The molecule has 10 heteroatoms. The number of amides is 1. The largest absolute Gasteiger partial charge is 0.474 e. The number of nitrogens with one attached hydrogen (secondary N) is 1. The molecule has 1 N–H and O–H groups in total. The van der Waals surface area contributed by atoms with Gasteiger partial charge in [0.2, 0.25) is 15.9 Å². The molecule has 0 radical (unpaired) electrons. The van der Waals surface area contributed by atoms with Crippen LogP contribution >= 0.6 is 11.3 Å². The minimum absolute atomic E-state index is 0.00315. The van der Waals surface area contributed by atoms with Crippen LogP contribution in [0.25, 0.3) is 0 Å². The number of piperidine rings is 1. The fourth-order valence-corrected chi connectivity index (χ4v) is 4.49. The second-order valence-electron chi connectivity index (χ2n) is 6.65. The highest BCUT2D eigenvalue weighted by molar-refractivity contribution is 7.92. The molecule has 1 aliphatic heterocycles. The van der Waals surface area contributed by atoms with Crippen LogP contribution in [0.2, 0.25) is 0 Å². The Morgan fingerprint density at radius 2 is 2.04 bits per heavy atom. The van der Waals surface area contributed by atoms with Gasteiger partial charge in [-0.25, -0.2) is 18.4 Å². The Morgan fingerprint density at radius 3 is 2.57 bits per heavy atom. The third-order valence-corrected chi connectivity index (χ3v) is 6.87. The molecule has 3 heterocycles. The topological polar surface area (TPSA) is 101 Å². The highest BCUT2D eigenvalue weighted by Gasteiger charge is 2.27. The van der Waals surface area contributed by atoms with Crippen LogP contribution in [0.15, 0.2) is 18.3 Å². The molecule has 1 saturated heterocycles. The average molecular weight is 425 g/mol. The highest BCUT2D eigenvalue weighted by atomic mass is 32.2. The van der Waals surface area contributed by atoms with Crippen LogP contribution in [-0.2, 0) is 10.0 Å². The van der Waals surface area contributed by atoms with E-state index in [0.717, 1.165) is 10.7 Å². The lowest BCUT2D eigenvalue weighted by molar-refractivity contribution is 0.0591. The third-order valence-electron chi connectivity index (χ3n) is 4.50. The number of hydrogen-bond donors (Lipinski definition) is 1. The van der Waals surface area contributed by atoms with Crippen LogP contribution in [0.5, 0.6) is 5.88 Å². The second kappa shape index (κ2) is 8.44. The first-order chi connectivity index (χ1) is 13.3. The summed E-state index contributed by atoms with van der Waals surface area (Å²) in [6.45, 7) is 6.58. The summed E-state index contributed by atoms with van der Waals surface area (Å²) in [6.07, 6.45) is 2.85. The lowest BCUT2D eigenvalue weighted by Gasteiger charge is -2.31. The van der Waals surface area contributed by atoms with Crippen LogP contribution in [0.1, 0.15) is 40.1 Å². The number of nitrogens with zero attached hydrogens (tertiary/aromatic N) is 3. The van der Waals surface area contributed by atoms with Crippen LogP contribution in [0.3, 0.4) is 0 Å². The van der Waals surface area contributed by atoms with Gasteiger partial charge in [-0.15, -0.1) is 11.3 Å². The number of aromatic nitrogens is 2. The van der Waals surface area contributed by atoms with Crippen molar-refractivity contribution in [2.75, 3.05) is 23.6 Å². The average Bonchev–Trinajstić information content (AvgIpc) is 3.01. The first-order valence-electron chi connectivity index (χ1n) is 9.14. The number of pyridine rings is 1. The number of likely N-dealkylation sites (tertiary alicyclic amines) is 1. The van der Waals surface area contributed by atoms with Gasteiger partial charge in [-0.3, -0.25) is 9.52 Å². The zero-order valence-corrected chi connectivity index (χ0v) is 17.8. The molecule has 0 atom stereocenters. The van der Waals surface area contributed by atoms with Gasteiger partial charge in [0.15, 0.2) is 0 Å². The smallest absolute Gasteiger partial charge is 0.265 e. The summed E-state index contributed by atoms with van der Waals surface area (Å²) in [5.41, 5.74) is 1.19. The van der Waals surface area contributed by atoms with E-state index in [0.29, 0.717) is 42.4 Å². The number of anilines is 1. The Hall–Kier alpha value is -2.20. The molecule has 0 bridgehead atoms. The van der Waals surface area contributed by atoms with Gasteiger partial charge in [-0.2, -0.15) is 0 Å². The van der Waals surface area contributed by atoms with Crippen molar-refractivity contribution in [3.05, 3.63) is 33.9 Å². The second-order valence-corrected chi connectivity index (χ2v) is 9.86. The Balaban J connectivity index is 1.53. The van der Waals surface area contributed by atoms with Crippen molar-refractivity contribution >= 4 is 33.0 Å². The standard InChI is InChI=1S/C18H24N4O4S2/c1-4-28(24,25)21-14-5-6-16(19-11-14)26-15-7-9-22(10-8-15)18(23)17-12(2)20-13(3)27-17/h5-6,11,15,21H,4,7-10H2,1-3H3. The number of hydrogen-bond acceptors (Lipinski definition) is 7. The summed E-state index contributed by atoms with van der Waals surface area (Å²) in [5, 5.41) is 0.898. The summed E-state index contributed by atoms with van der Waals surface area (Å²) in [4.78, 5) is 23.7. The Morgan fingerprint density at radius 1 is 1.32 bits per heavy atom. The predicted molar refractivity (Wildman–Crippen MR) is 108 cm³/mol. The molecule has 0 spiro atoms. The summed E-state index contributed by atoms with van der Waals surface area (Å²) in [7, 11) is -3.32. The van der Waals surface area contributed by atoms with Gasteiger partial charge < -0.3 is 9.64 Å². The van der Waals surface area contributed by atoms with Gasteiger partial charge in [0.1, 0.15) is 11.0 Å². The summed E-state index contributed by atoms with van der Waals surface area (Å²) in [6, 6.07) is 3.28. The Kier molecular flexibility index (Phi) is 6.19. The molecular weight excluding hydrogens is 400 g/mol. The first kappa shape index (κ1) is 20.5. The van der Waals surface area contributed by atoms with E-state index in [1.807, 2.05) is 18.7 Å². The molecule has 152 valence electrons. The van der Waals surface area contributed by atoms with Crippen molar-refractivity contribution in [3.8, 4) is 5.88 Å². The molecule has 1 aliphatic rings. The molecule has 0 aromatic carbocycles. The van der Waals surface area contributed by atoms with E-state index in [9.17, 15) is 13.2 Å². The molecule has 0 saturated carbocycles. The number of ether oxygens (including phenoxy) is 1. The molecule has 1 amide bonds. The predicted octanol–water partition coefficient (Wildman–Crippen LogP) is 2.60. The fourth-order valence-electron chi connectivity index (χ4n) is 2.98. The van der Waals surface area contributed by atoms with Gasteiger partial charge in [-0.1, -0.05) is 0 Å². The Labute approximate surface area is 169 Å². The third kappa shape index (κ3) is 4.99. The lowest BCUT2D eigenvalue weighted by atomic mass is 10.1. The SMILES string of the molecule is CCS(=O)(=O)Nc1ccc(OC2CCN(C(=O)c3sc(C)nc3C)CC2)nc1. The van der Waals surface area contributed by atoms with Crippen molar-refractivity contribution in [2.45, 2.75) is 39.7 Å². The van der Waals surface area contributed by atoms with Crippen LogP contribution in [0, 0.1) is 13.8 Å². The maximum absolute atomic E-state index is 12.7. The summed E-state index contributed by atoms with van der Waals surface area (Å²) in [5.74, 6) is 0.480. The summed E-state index contributed by atoms with van der Waals surface area (Å²) < 4.78 is 31.5. The summed E-state index contributed by atoms with van der Waals surface area (Å²) >= 11 is 1.43. The number of sulfonamides is 1. The van der Waals surface area contributed by atoms with Crippen LogP contribution in [0.4, 0.5) is 5.69 Å². The minimum atomic E-state index is -3.32. The molecule has 8 nitrogen and oxygen atoms in total. The quantitative estimate of drug-likeness (QED) is 0.765. The number of aryl methyl sites for hydroxylation is 2. The first-order valence-corrected chi connectivity index (χ1v) is 11.6. The van der Waals surface area contributed by atoms with Gasteiger partial charge in [0, 0.05) is 32.0 Å². The molecule has 2 aromatic rings. The monoisotopic (exact) mass is 424 g/mol. The zero-order chi connectivity index (χ0) is 20.3. The van der Waals surface area contributed by atoms with E-state index in [1.165, 1.54) is 17.5 Å². The highest BCUT2D eigenvalue weighted by Crippen LogP contribution is 2.23. The van der Waals surface area contributed by atoms with Crippen molar-refractivity contribution < 1.29 is 17.9 Å². The maximum Gasteiger partial charge on any atom is 0.265 e. The fraction of sp³-hybridized carbons (Fsp3) is 0.500. The number of carbonyl (C=O) groups is 1. The number of rotatable bonds is 6. The molecular formula is C18H24N4O4S2. The number of carbonyl (C=O) groups excluding carboxylic acids is 1. The van der Waals surface area contributed by atoms with Gasteiger partial charge >= 0.3 is 0 Å². The van der Waals surface area contributed by atoms with Crippen molar-refractivity contribution in [2.24, 2.45) is 0 Å². The van der Waals surface area contributed by atoms with Gasteiger partial charge in [0.05, 0.1) is 28.3 Å². The van der Waals surface area contributed by atoms with E-state index >= 15 is 0 Å². The van der Waals surface area contributed by atoms with E-state index < -0.39 is 10.0 Å². The lowest BCUT2D eigenvalue weighted by Crippen LogP contribution is -2.41. The van der Waals surface area contributed by atoms with Crippen molar-refractivity contribution in [1.29, 1.82) is 0 Å². The van der Waals surface area contributed by atoms with E-state index in [1.54, 1.807) is 19.1 Å². The maximum atomic E-state index is 12.7. The van der Waals surface area contributed by atoms with E-state index in [4.69, 9.17) is 4.74 Å². The molecule has 0 unspecified atom stereocenters. The minimum Gasteiger partial charge on any atom is -0.474 e. The molecule has 2 aromatic heterocycles. The molecule has 3 rings (SSSR count). The Bertz CT molecular complexity index is 933. The van der Waals surface area contributed by atoms with Gasteiger partial charge in [0.25, 0.3) is 5.91 Å². The zero-order valence-electron chi connectivity index (χ0n) is 16.1. The normalized spacial score (nSPS) is 15.5. The van der Waals surface area contributed by atoms with Crippen molar-refractivity contribution in [3.63, 3.8) is 0 Å². The number of thiazole rings is 1. The van der Waals surface area contributed by atoms with E-state index in [2.05, 4.69) is 14.7 Å². The molecule has 0 aliphatic carbocycles. The molecule has 28 heavy (non-hydrogen) atoms. The van der Waals surface area contributed by atoms with Crippen LogP contribution in [-0.4, -0.2) is 54.1 Å². The molecule has 1 fully saturated rings. The van der Waals surface area contributed by atoms with Crippen LogP contribution < -0.4 is 9.46 Å².